The number of anilines is 1. The number of nitrogens with zero attached hydrogens (tertiary/aromatic N) is 3. The summed E-state index contributed by atoms with van der Waals surface area (Å²) in [6.07, 6.45) is 0.759. The Balaban J connectivity index is 1.77. The highest BCUT2D eigenvalue weighted by Crippen LogP contribution is 2.26. The molecule has 3 rings (SSSR count). The molecule has 0 N–H and O–H groups in total. The number of rotatable bonds is 4. The van der Waals surface area contributed by atoms with Gasteiger partial charge in [0.1, 0.15) is 16.3 Å². The van der Waals surface area contributed by atoms with E-state index >= 15 is 0 Å². The number of aryl methyl sites for hydroxylation is 2. The summed E-state index contributed by atoms with van der Waals surface area (Å²) in [6, 6.07) is 7.83. The van der Waals surface area contributed by atoms with Gasteiger partial charge >= 0.3 is 0 Å². The molecular weight excluding hydrogens is 342 g/mol. The Morgan fingerprint density at radius 2 is 1.80 bits per heavy atom. The average molecular weight is 365 g/mol. The number of sulfonamides is 1. The standard InChI is InChI=1S/C17H23N3O4S/c1-13-17(14(2)24-18-13)25(21,22)20-10-4-9-19(11-12-20)15-5-7-16(23-3)8-6-15/h5-8H,4,9-12H2,1-3H3. The van der Waals surface area contributed by atoms with Crippen molar-refractivity contribution in [2.45, 2.75) is 25.2 Å². The van der Waals surface area contributed by atoms with E-state index in [0.717, 1.165) is 24.4 Å². The van der Waals surface area contributed by atoms with Crippen LogP contribution in [0.15, 0.2) is 33.7 Å². The Morgan fingerprint density at radius 1 is 1.08 bits per heavy atom. The second-order valence-electron chi connectivity index (χ2n) is 6.10. The molecule has 0 spiro atoms. The monoisotopic (exact) mass is 365 g/mol. The summed E-state index contributed by atoms with van der Waals surface area (Å²) in [5.41, 5.74) is 1.48. The highest BCUT2D eigenvalue weighted by atomic mass is 32.2. The van der Waals surface area contributed by atoms with Crippen molar-refractivity contribution in [3.8, 4) is 5.75 Å². The SMILES string of the molecule is COc1ccc(N2CCCN(S(=O)(=O)c3c(C)noc3C)CC2)cc1. The molecule has 0 atom stereocenters. The van der Waals surface area contributed by atoms with Crippen molar-refractivity contribution in [1.82, 2.24) is 9.46 Å². The third-order valence-corrected chi connectivity index (χ3v) is 6.60. The van der Waals surface area contributed by atoms with Crippen molar-refractivity contribution in [2.24, 2.45) is 0 Å². The smallest absolute Gasteiger partial charge is 0.248 e. The summed E-state index contributed by atoms with van der Waals surface area (Å²) in [5, 5.41) is 3.78. The Hall–Kier alpha value is -2.06. The number of aromatic nitrogens is 1. The highest BCUT2D eigenvalue weighted by Gasteiger charge is 2.32. The zero-order chi connectivity index (χ0) is 18.0. The van der Waals surface area contributed by atoms with Crippen LogP contribution < -0.4 is 9.64 Å². The summed E-state index contributed by atoms with van der Waals surface area (Å²) < 4.78 is 37.7. The Morgan fingerprint density at radius 3 is 2.40 bits per heavy atom. The van der Waals surface area contributed by atoms with E-state index < -0.39 is 10.0 Å². The van der Waals surface area contributed by atoms with Gasteiger partial charge in [0.15, 0.2) is 5.76 Å². The fourth-order valence-corrected chi connectivity index (χ4v) is 4.92. The molecule has 25 heavy (non-hydrogen) atoms. The van der Waals surface area contributed by atoms with E-state index in [1.165, 1.54) is 4.31 Å². The first-order valence-corrected chi connectivity index (χ1v) is 9.69. The molecule has 1 saturated heterocycles. The Bertz CT molecular complexity index is 811. The number of hydrogen-bond acceptors (Lipinski definition) is 6. The largest absolute Gasteiger partial charge is 0.497 e. The van der Waals surface area contributed by atoms with Crippen LogP contribution in [-0.4, -0.2) is 51.2 Å². The normalized spacial score (nSPS) is 16.7. The molecule has 1 fully saturated rings. The number of benzene rings is 1. The zero-order valence-electron chi connectivity index (χ0n) is 14.7. The maximum atomic E-state index is 13.0. The van der Waals surface area contributed by atoms with E-state index in [4.69, 9.17) is 9.26 Å². The summed E-state index contributed by atoms with van der Waals surface area (Å²) in [7, 11) is -1.95. The second kappa shape index (κ2) is 7.05. The van der Waals surface area contributed by atoms with Gasteiger partial charge in [0.2, 0.25) is 10.0 Å². The van der Waals surface area contributed by atoms with Crippen LogP contribution in [0, 0.1) is 13.8 Å². The van der Waals surface area contributed by atoms with Crippen LogP contribution in [0.3, 0.4) is 0 Å². The molecule has 7 nitrogen and oxygen atoms in total. The number of methoxy groups -OCH3 is 1. The Labute approximate surface area is 148 Å². The first kappa shape index (κ1) is 17.8. The molecule has 0 amide bonds. The van der Waals surface area contributed by atoms with Gasteiger partial charge in [-0.1, -0.05) is 5.16 Å². The van der Waals surface area contributed by atoms with Gasteiger partial charge in [-0.05, 0) is 44.5 Å². The summed E-state index contributed by atoms with van der Waals surface area (Å²) >= 11 is 0. The topological polar surface area (TPSA) is 75.9 Å². The molecule has 8 heteroatoms. The highest BCUT2D eigenvalue weighted by molar-refractivity contribution is 7.89. The molecule has 2 heterocycles. The molecule has 0 bridgehead atoms. The van der Waals surface area contributed by atoms with E-state index in [-0.39, 0.29) is 4.90 Å². The van der Waals surface area contributed by atoms with Gasteiger partial charge in [0.05, 0.1) is 7.11 Å². The molecule has 0 radical (unpaired) electrons. The molecule has 1 aromatic heterocycles. The van der Waals surface area contributed by atoms with Crippen molar-refractivity contribution in [3.63, 3.8) is 0 Å². The number of ether oxygens (including phenoxy) is 1. The molecular formula is C17H23N3O4S. The van der Waals surface area contributed by atoms with Gasteiger partial charge in [-0.3, -0.25) is 0 Å². The molecule has 0 saturated carbocycles. The first-order valence-electron chi connectivity index (χ1n) is 8.25. The van der Waals surface area contributed by atoms with E-state index in [1.807, 2.05) is 24.3 Å². The summed E-state index contributed by atoms with van der Waals surface area (Å²) in [5.74, 6) is 1.15. The molecule has 0 aliphatic carbocycles. The molecule has 1 aromatic carbocycles. The molecule has 1 aliphatic heterocycles. The van der Waals surface area contributed by atoms with Crippen LogP contribution in [0.1, 0.15) is 17.9 Å². The van der Waals surface area contributed by atoms with Crippen LogP contribution in [0.25, 0.3) is 0 Å². The van der Waals surface area contributed by atoms with Gasteiger partial charge in [-0.25, -0.2) is 8.42 Å². The van der Waals surface area contributed by atoms with Gasteiger partial charge in [-0.15, -0.1) is 0 Å². The Kier molecular flexibility index (Phi) is 5.01. The van der Waals surface area contributed by atoms with E-state index in [0.29, 0.717) is 31.1 Å². The van der Waals surface area contributed by atoms with Gasteiger partial charge < -0.3 is 14.2 Å². The van der Waals surface area contributed by atoms with Crippen LogP contribution >= 0.6 is 0 Å². The van der Waals surface area contributed by atoms with Crippen LogP contribution in [0.5, 0.6) is 5.75 Å². The van der Waals surface area contributed by atoms with E-state index in [2.05, 4.69) is 10.1 Å². The third kappa shape index (κ3) is 3.50. The third-order valence-electron chi connectivity index (χ3n) is 4.46. The predicted molar refractivity (Wildman–Crippen MR) is 94.6 cm³/mol. The van der Waals surface area contributed by atoms with E-state index in [1.54, 1.807) is 21.0 Å². The fourth-order valence-electron chi connectivity index (χ4n) is 3.16. The minimum atomic E-state index is -3.59. The molecule has 2 aromatic rings. The average Bonchev–Trinajstić information content (AvgIpc) is 2.81. The van der Waals surface area contributed by atoms with Crippen LogP contribution in [-0.2, 0) is 10.0 Å². The maximum Gasteiger partial charge on any atom is 0.248 e. The minimum absolute atomic E-state index is 0.199. The predicted octanol–water partition coefficient (Wildman–Crippen LogP) is 2.20. The van der Waals surface area contributed by atoms with Crippen molar-refractivity contribution in [1.29, 1.82) is 0 Å². The van der Waals surface area contributed by atoms with Crippen molar-refractivity contribution in [3.05, 3.63) is 35.7 Å². The maximum absolute atomic E-state index is 13.0. The summed E-state index contributed by atoms with van der Waals surface area (Å²) in [6.45, 7) is 5.64. The van der Waals surface area contributed by atoms with Gasteiger partial charge in [0, 0.05) is 31.9 Å². The second-order valence-corrected chi connectivity index (χ2v) is 7.97. The van der Waals surface area contributed by atoms with Crippen molar-refractivity contribution in [2.75, 3.05) is 38.2 Å². The van der Waals surface area contributed by atoms with Crippen molar-refractivity contribution < 1.29 is 17.7 Å². The van der Waals surface area contributed by atoms with Crippen molar-refractivity contribution >= 4 is 15.7 Å². The zero-order valence-corrected chi connectivity index (χ0v) is 15.5. The van der Waals surface area contributed by atoms with Gasteiger partial charge in [-0.2, -0.15) is 4.31 Å². The molecule has 1 aliphatic rings. The lowest BCUT2D eigenvalue weighted by Crippen LogP contribution is -2.35. The first-order chi connectivity index (χ1) is 11.9. The fraction of sp³-hybridized carbons (Fsp3) is 0.471. The quantitative estimate of drug-likeness (QED) is 0.827. The number of hydrogen-bond donors (Lipinski definition) is 0. The lowest BCUT2D eigenvalue weighted by molar-refractivity contribution is 0.389. The minimum Gasteiger partial charge on any atom is -0.497 e. The van der Waals surface area contributed by atoms with Crippen LogP contribution in [0.4, 0.5) is 5.69 Å². The van der Waals surface area contributed by atoms with E-state index in [9.17, 15) is 8.42 Å². The summed E-state index contributed by atoms with van der Waals surface area (Å²) in [4.78, 5) is 2.40. The lowest BCUT2D eigenvalue weighted by atomic mass is 10.2. The van der Waals surface area contributed by atoms with Crippen LogP contribution in [0.2, 0.25) is 0 Å². The molecule has 136 valence electrons. The van der Waals surface area contributed by atoms with Gasteiger partial charge in [0.25, 0.3) is 0 Å². The molecule has 0 unspecified atom stereocenters. The lowest BCUT2D eigenvalue weighted by Gasteiger charge is -2.23.